The van der Waals surface area contributed by atoms with Gasteiger partial charge in [-0.3, -0.25) is 4.57 Å². The summed E-state index contributed by atoms with van der Waals surface area (Å²) in [5.74, 6) is 0.334. The molecule has 3 rings (SSSR count). The Morgan fingerprint density at radius 3 is 2.55 bits per heavy atom. The second-order valence-electron chi connectivity index (χ2n) is 4.56. The van der Waals surface area contributed by atoms with E-state index in [0.29, 0.717) is 21.0 Å². The maximum atomic E-state index is 9.51. The zero-order valence-electron chi connectivity index (χ0n) is 11.3. The van der Waals surface area contributed by atoms with Crippen LogP contribution in [0.4, 0.5) is 5.82 Å². The number of nitrogens with two attached hydrogens (primary N) is 1. The van der Waals surface area contributed by atoms with Gasteiger partial charge in [0.1, 0.15) is 22.1 Å². The Morgan fingerprint density at radius 1 is 1.23 bits per heavy atom. The van der Waals surface area contributed by atoms with Crippen LogP contribution in [-0.4, -0.2) is 4.57 Å². The molecule has 0 bridgehead atoms. The molecule has 22 heavy (non-hydrogen) atoms. The number of halogens is 1. The molecule has 0 aliphatic heterocycles. The van der Waals surface area contributed by atoms with Gasteiger partial charge in [-0.05, 0) is 41.8 Å². The predicted octanol–water partition coefficient (Wildman–Crippen LogP) is 5.04. The number of hydrogen-bond donors (Lipinski definition) is 1. The third-order valence-electron chi connectivity index (χ3n) is 3.24. The molecule has 0 saturated heterocycles. The smallest absolute Gasteiger partial charge is 0.127 e. The summed E-state index contributed by atoms with van der Waals surface area (Å²) in [5.41, 5.74) is 8.19. The summed E-state index contributed by atoms with van der Waals surface area (Å²) in [7, 11) is 0. The largest absolute Gasteiger partial charge is 0.384 e. The molecule has 0 amide bonds. The van der Waals surface area contributed by atoms with Crippen molar-refractivity contribution in [1.82, 2.24) is 4.57 Å². The molecule has 0 atom stereocenters. The Balaban J connectivity index is 2.29. The lowest BCUT2D eigenvalue weighted by atomic mass is 10.1. The molecule has 3 aromatic rings. The van der Waals surface area contributed by atoms with Crippen LogP contribution in [-0.2, 0) is 0 Å². The second-order valence-corrected chi connectivity index (χ2v) is 6.36. The van der Waals surface area contributed by atoms with Gasteiger partial charge in [0, 0.05) is 21.2 Å². The summed E-state index contributed by atoms with van der Waals surface area (Å²) < 4.78 is 2.23. The van der Waals surface area contributed by atoms with Crippen molar-refractivity contribution >= 4 is 41.0 Å². The fraction of sp³-hybridized carbons (Fsp3) is 0. The number of thiophene rings is 1. The van der Waals surface area contributed by atoms with Crippen molar-refractivity contribution in [3.8, 4) is 22.2 Å². The quantitative estimate of drug-likeness (QED) is 0.663. The molecule has 6 heteroatoms. The van der Waals surface area contributed by atoms with Gasteiger partial charge in [-0.25, -0.2) is 0 Å². The number of nitriles is 1. The zero-order valence-corrected chi connectivity index (χ0v) is 13.7. The molecule has 2 heterocycles. The fourth-order valence-corrected chi connectivity index (χ4v) is 3.43. The van der Waals surface area contributed by atoms with Gasteiger partial charge in [-0.2, -0.15) is 5.26 Å². The minimum Gasteiger partial charge on any atom is -0.384 e. The number of aromatic nitrogens is 1. The first kappa shape index (κ1) is 14.8. The van der Waals surface area contributed by atoms with Crippen LogP contribution < -0.4 is 5.73 Å². The van der Waals surface area contributed by atoms with Crippen LogP contribution >= 0.6 is 35.2 Å². The summed E-state index contributed by atoms with van der Waals surface area (Å²) in [6.45, 7) is 0. The van der Waals surface area contributed by atoms with Crippen LogP contribution in [0, 0.1) is 16.0 Å². The maximum absolute atomic E-state index is 9.51. The minimum absolute atomic E-state index is 0.334. The predicted molar refractivity (Wildman–Crippen MR) is 94.1 cm³/mol. The number of anilines is 1. The van der Waals surface area contributed by atoms with Crippen LogP contribution in [0.2, 0.25) is 5.02 Å². The SMILES string of the molecule is N#Cc1c(-c2cccs2)cc(=S)n(-c2ccc(Cl)cc2)c1N. The van der Waals surface area contributed by atoms with E-state index in [0.717, 1.165) is 16.1 Å². The van der Waals surface area contributed by atoms with Crippen molar-refractivity contribution in [2.45, 2.75) is 0 Å². The van der Waals surface area contributed by atoms with E-state index in [1.165, 1.54) is 0 Å². The van der Waals surface area contributed by atoms with E-state index in [2.05, 4.69) is 6.07 Å². The highest BCUT2D eigenvalue weighted by atomic mass is 35.5. The molecule has 0 aliphatic rings. The van der Waals surface area contributed by atoms with Crippen molar-refractivity contribution in [2.75, 3.05) is 5.73 Å². The molecule has 0 radical (unpaired) electrons. The van der Waals surface area contributed by atoms with E-state index in [1.54, 1.807) is 28.0 Å². The van der Waals surface area contributed by atoms with Crippen LogP contribution in [0.5, 0.6) is 0 Å². The number of nitrogen functional groups attached to an aromatic ring is 1. The van der Waals surface area contributed by atoms with E-state index < -0.39 is 0 Å². The van der Waals surface area contributed by atoms with Gasteiger partial charge < -0.3 is 5.73 Å². The van der Waals surface area contributed by atoms with Crippen LogP contribution in [0.25, 0.3) is 16.1 Å². The van der Waals surface area contributed by atoms with Gasteiger partial charge in [-0.15, -0.1) is 11.3 Å². The molecule has 0 saturated carbocycles. The number of pyridine rings is 1. The Kier molecular flexibility index (Phi) is 3.99. The van der Waals surface area contributed by atoms with E-state index in [9.17, 15) is 5.26 Å². The molecule has 1 aromatic carbocycles. The summed E-state index contributed by atoms with van der Waals surface area (Å²) in [5, 5.41) is 12.1. The van der Waals surface area contributed by atoms with Gasteiger partial charge in [0.05, 0.1) is 0 Å². The highest BCUT2D eigenvalue weighted by Crippen LogP contribution is 2.32. The molecule has 0 aliphatic carbocycles. The molecule has 2 N–H and O–H groups in total. The molecule has 2 aromatic heterocycles. The Labute approximate surface area is 141 Å². The van der Waals surface area contributed by atoms with Gasteiger partial charge in [0.2, 0.25) is 0 Å². The van der Waals surface area contributed by atoms with Crippen LogP contribution in [0.1, 0.15) is 5.56 Å². The summed E-state index contributed by atoms with van der Waals surface area (Å²) in [6, 6.07) is 15.0. The lowest BCUT2D eigenvalue weighted by molar-refractivity contribution is 1.04. The summed E-state index contributed by atoms with van der Waals surface area (Å²) in [6.07, 6.45) is 0. The molecular weight excluding hydrogens is 334 g/mol. The molecule has 0 unspecified atom stereocenters. The minimum atomic E-state index is 0.334. The van der Waals surface area contributed by atoms with Crippen molar-refractivity contribution in [3.05, 3.63) is 63.1 Å². The first-order chi connectivity index (χ1) is 10.6. The molecule has 3 nitrogen and oxygen atoms in total. The standard InChI is InChI=1S/C16H10ClN3S2/c17-10-3-5-11(6-4-10)20-15(21)8-12(13(9-18)16(20)19)14-2-1-7-22-14/h1-8H,19H2. The Bertz CT molecular complexity index is 920. The average Bonchev–Trinajstić information content (AvgIpc) is 3.03. The van der Waals surface area contributed by atoms with E-state index >= 15 is 0 Å². The van der Waals surface area contributed by atoms with Gasteiger partial charge in [0.25, 0.3) is 0 Å². The van der Waals surface area contributed by atoms with Gasteiger partial charge >= 0.3 is 0 Å². The third kappa shape index (κ3) is 2.53. The lowest BCUT2D eigenvalue weighted by Crippen LogP contribution is -2.08. The summed E-state index contributed by atoms with van der Waals surface area (Å²) in [4.78, 5) is 0.970. The highest BCUT2D eigenvalue weighted by molar-refractivity contribution is 7.71. The first-order valence-corrected chi connectivity index (χ1v) is 8.04. The van der Waals surface area contributed by atoms with Gasteiger partial charge in [0.15, 0.2) is 0 Å². The third-order valence-corrected chi connectivity index (χ3v) is 4.69. The van der Waals surface area contributed by atoms with Crippen LogP contribution in [0.15, 0.2) is 47.8 Å². The molecular formula is C16H10ClN3S2. The molecule has 108 valence electrons. The topological polar surface area (TPSA) is 54.7 Å². The Morgan fingerprint density at radius 2 is 1.95 bits per heavy atom. The number of rotatable bonds is 2. The van der Waals surface area contributed by atoms with Crippen LogP contribution in [0.3, 0.4) is 0 Å². The highest BCUT2D eigenvalue weighted by Gasteiger charge is 2.15. The van der Waals surface area contributed by atoms with E-state index in [1.807, 2.05) is 35.7 Å². The number of benzene rings is 1. The van der Waals surface area contributed by atoms with E-state index in [4.69, 9.17) is 29.6 Å². The molecule has 0 fully saturated rings. The van der Waals surface area contributed by atoms with Crippen molar-refractivity contribution in [2.24, 2.45) is 0 Å². The van der Waals surface area contributed by atoms with E-state index in [-0.39, 0.29) is 0 Å². The second kappa shape index (κ2) is 5.93. The average molecular weight is 344 g/mol. The van der Waals surface area contributed by atoms with Gasteiger partial charge in [-0.1, -0.05) is 29.9 Å². The number of nitrogens with zero attached hydrogens (tertiary/aromatic N) is 2. The van der Waals surface area contributed by atoms with Crippen molar-refractivity contribution in [3.63, 3.8) is 0 Å². The van der Waals surface area contributed by atoms with Crippen molar-refractivity contribution < 1.29 is 0 Å². The maximum Gasteiger partial charge on any atom is 0.127 e. The first-order valence-electron chi connectivity index (χ1n) is 6.37. The molecule has 0 spiro atoms. The summed E-state index contributed by atoms with van der Waals surface area (Å²) >= 11 is 12.9. The fourth-order valence-electron chi connectivity index (χ4n) is 2.23. The van der Waals surface area contributed by atoms with Crippen molar-refractivity contribution in [1.29, 1.82) is 5.26 Å². The Hall–Kier alpha value is -2.13. The lowest BCUT2D eigenvalue weighted by Gasteiger charge is -2.15. The normalized spacial score (nSPS) is 10.4. The number of hydrogen-bond acceptors (Lipinski definition) is 4. The monoisotopic (exact) mass is 343 g/mol. The zero-order chi connectivity index (χ0) is 15.7.